The Kier molecular flexibility index (Phi) is 6.72. The molecule has 0 spiro atoms. The zero-order valence-electron chi connectivity index (χ0n) is 12.9. The first-order valence-electron chi connectivity index (χ1n) is 8.10. The molecule has 0 radical (unpaired) electrons. The molecule has 2 rings (SSSR count). The van der Waals surface area contributed by atoms with Gasteiger partial charge in [-0.3, -0.25) is 0 Å². The molecule has 0 aromatic heterocycles. The van der Waals surface area contributed by atoms with Gasteiger partial charge < -0.3 is 9.47 Å². The van der Waals surface area contributed by atoms with Gasteiger partial charge in [-0.15, -0.1) is 0 Å². The maximum Gasteiger partial charge on any atom is 0.184 e. The lowest BCUT2D eigenvalue weighted by Crippen LogP contribution is -2.27. The first-order chi connectivity index (χ1) is 10.3. The second-order valence-electron chi connectivity index (χ2n) is 5.69. The van der Waals surface area contributed by atoms with E-state index in [4.69, 9.17) is 14.7 Å². The summed E-state index contributed by atoms with van der Waals surface area (Å²) in [6.07, 6.45) is 8.64. The molecule has 0 saturated carbocycles. The minimum atomic E-state index is -0.271. The summed E-state index contributed by atoms with van der Waals surface area (Å²) in [5.74, 6) is 0. The molecule has 1 aliphatic heterocycles. The van der Waals surface area contributed by atoms with Crippen molar-refractivity contribution in [1.82, 2.24) is 0 Å². The van der Waals surface area contributed by atoms with Gasteiger partial charge in [0.25, 0.3) is 0 Å². The van der Waals surface area contributed by atoms with Crippen molar-refractivity contribution in [3.8, 4) is 6.07 Å². The molecule has 0 bridgehead atoms. The van der Waals surface area contributed by atoms with Gasteiger partial charge in [0, 0.05) is 5.56 Å². The first-order valence-corrected chi connectivity index (χ1v) is 8.10. The number of hydrogen-bond donors (Lipinski definition) is 0. The summed E-state index contributed by atoms with van der Waals surface area (Å²) in [7, 11) is 0. The van der Waals surface area contributed by atoms with Gasteiger partial charge in [0.15, 0.2) is 6.29 Å². The number of nitrogens with zero attached hydrogens (tertiary/aromatic N) is 1. The first kappa shape index (κ1) is 16.0. The molecule has 21 heavy (non-hydrogen) atoms. The molecular formula is C18H25NO2. The Morgan fingerprint density at radius 3 is 2.62 bits per heavy atom. The topological polar surface area (TPSA) is 42.2 Å². The third-order valence-corrected chi connectivity index (χ3v) is 3.97. The minimum absolute atomic E-state index is 0.271. The second-order valence-corrected chi connectivity index (χ2v) is 5.69. The van der Waals surface area contributed by atoms with Crippen LogP contribution in [0.2, 0.25) is 0 Å². The highest BCUT2D eigenvalue weighted by molar-refractivity contribution is 5.32. The Morgan fingerprint density at radius 1 is 1.14 bits per heavy atom. The van der Waals surface area contributed by atoms with Gasteiger partial charge in [-0.05, 0) is 25.0 Å². The number of unbranched alkanes of at least 4 members (excludes halogenated alkanes) is 4. The zero-order valence-corrected chi connectivity index (χ0v) is 12.9. The molecule has 1 aromatic carbocycles. The molecule has 1 fully saturated rings. The number of nitriles is 1. The Balaban J connectivity index is 1.78. The van der Waals surface area contributed by atoms with Crippen LogP contribution < -0.4 is 0 Å². The quantitative estimate of drug-likeness (QED) is 0.681. The van der Waals surface area contributed by atoms with E-state index >= 15 is 0 Å². The maximum absolute atomic E-state index is 8.83. The summed E-state index contributed by atoms with van der Waals surface area (Å²) in [6.45, 7) is 2.99. The van der Waals surface area contributed by atoms with Crippen LogP contribution in [-0.4, -0.2) is 12.7 Å². The van der Waals surface area contributed by atoms with Crippen LogP contribution in [0.3, 0.4) is 0 Å². The summed E-state index contributed by atoms with van der Waals surface area (Å²) in [4.78, 5) is 0. The standard InChI is InChI=1S/C18H25NO2/c1-2-3-4-5-6-7-17-12-13-20-18(21-17)16-10-8-15(14-19)9-11-16/h8-11,17-18H,2-7,12-13H2,1H3. The van der Waals surface area contributed by atoms with E-state index in [-0.39, 0.29) is 6.29 Å². The van der Waals surface area contributed by atoms with E-state index < -0.39 is 0 Å². The minimum Gasteiger partial charge on any atom is -0.348 e. The normalized spacial score (nSPS) is 21.9. The van der Waals surface area contributed by atoms with Crippen molar-refractivity contribution in [2.24, 2.45) is 0 Å². The number of benzene rings is 1. The summed E-state index contributed by atoms with van der Waals surface area (Å²) in [5.41, 5.74) is 1.67. The molecule has 2 atom stereocenters. The number of hydrogen-bond acceptors (Lipinski definition) is 3. The van der Waals surface area contributed by atoms with Gasteiger partial charge in [-0.2, -0.15) is 5.26 Å². The third-order valence-electron chi connectivity index (χ3n) is 3.97. The van der Waals surface area contributed by atoms with Gasteiger partial charge in [0.05, 0.1) is 24.3 Å². The SMILES string of the molecule is CCCCCCCC1CCOC(c2ccc(C#N)cc2)O1. The predicted octanol–water partition coefficient (Wildman–Crippen LogP) is 4.72. The van der Waals surface area contributed by atoms with E-state index in [0.717, 1.165) is 25.0 Å². The third kappa shape index (κ3) is 5.15. The van der Waals surface area contributed by atoms with Crippen molar-refractivity contribution in [3.05, 3.63) is 35.4 Å². The molecule has 1 heterocycles. The maximum atomic E-state index is 8.83. The van der Waals surface area contributed by atoms with Crippen LogP contribution in [0, 0.1) is 11.3 Å². The van der Waals surface area contributed by atoms with Crippen LogP contribution in [0.1, 0.15) is 69.3 Å². The molecule has 0 aliphatic carbocycles. The van der Waals surface area contributed by atoms with Crippen LogP contribution in [0.5, 0.6) is 0 Å². The molecule has 1 aliphatic rings. The highest BCUT2D eigenvalue weighted by Gasteiger charge is 2.23. The molecule has 3 nitrogen and oxygen atoms in total. The smallest absolute Gasteiger partial charge is 0.184 e. The van der Waals surface area contributed by atoms with Crippen molar-refractivity contribution >= 4 is 0 Å². The Labute approximate surface area is 127 Å². The Hall–Kier alpha value is -1.37. The summed E-state index contributed by atoms with van der Waals surface area (Å²) in [5, 5.41) is 8.83. The zero-order chi connectivity index (χ0) is 14.9. The molecule has 1 aromatic rings. The van der Waals surface area contributed by atoms with Gasteiger partial charge in [-0.1, -0.05) is 51.2 Å². The van der Waals surface area contributed by atoms with E-state index in [1.165, 1.54) is 32.1 Å². The van der Waals surface area contributed by atoms with Gasteiger partial charge >= 0.3 is 0 Å². The molecule has 2 unspecified atom stereocenters. The predicted molar refractivity (Wildman–Crippen MR) is 82.7 cm³/mol. The van der Waals surface area contributed by atoms with Crippen LogP contribution in [0.4, 0.5) is 0 Å². The van der Waals surface area contributed by atoms with E-state index in [9.17, 15) is 0 Å². The van der Waals surface area contributed by atoms with E-state index in [1.54, 1.807) is 0 Å². The lowest BCUT2D eigenvalue weighted by molar-refractivity contribution is -0.218. The molecule has 114 valence electrons. The largest absolute Gasteiger partial charge is 0.348 e. The van der Waals surface area contributed by atoms with Crippen LogP contribution >= 0.6 is 0 Å². The summed E-state index contributed by atoms with van der Waals surface area (Å²) < 4.78 is 11.8. The van der Waals surface area contributed by atoms with Crippen molar-refractivity contribution in [2.75, 3.05) is 6.61 Å². The van der Waals surface area contributed by atoms with Crippen molar-refractivity contribution in [2.45, 2.75) is 64.3 Å². The number of ether oxygens (including phenoxy) is 2. The highest BCUT2D eigenvalue weighted by Crippen LogP contribution is 2.28. The average Bonchev–Trinajstić information content (AvgIpc) is 2.55. The number of rotatable bonds is 7. The lowest BCUT2D eigenvalue weighted by Gasteiger charge is -2.30. The highest BCUT2D eigenvalue weighted by atomic mass is 16.7. The van der Waals surface area contributed by atoms with E-state index in [1.807, 2.05) is 24.3 Å². The molecule has 0 N–H and O–H groups in total. The van der Waals surface area contributed by atoms with Crippen LogP contribution in [0.25, 0.3) is 0 Å². The molecular weight excluding hydrogens is 262 g/mol. The van der Waals surface area contributed by atoms with E-state index in [2.05, 4.69) is 13.0 Å². The fraction of sp³-hybridized carbons (Fsp3) is 0.611. The molecule has 1 saturated heterocycles. The fourth-order valence-electron chi connectivity index (χ4n) is 2.67. The van der Waals surface area contributed by atoms with Gasteiger partial charge in [-0.25, -0.2) is 0 Å². The van der Waals surface area contributed by atoms with Gasteiger partial charge in [0.1, 0.15) is 0 Å². The Morgan fingerprint density at radius 2 is 1.90 bits per heavy atom. The lowest BCUT2D eigenvalue weighted by atomic mass is 10.1. The van der Waals surface area contributed by atoms with Gasteiger partial charge in [0.2, 0.25) is 0 Å². The molecule has 3 heteroatoms. The summed E-state index contributed by atoms with van der Waals surface area (Å²) in [6, 6.07) is 9.61. The van der Waals surface area contributed by atoms with Crippen molar-refractivity contribution < 1.29 is 9.47 Å². The monoisotopic (exact) mass is 287 g/mol. The second kappa shape index (κ2) is 8.81. The average molecular weight is 287 g/mol. The summed E-state index contributed by atoms with van der Waals surface area (Å²) >= 11 is 0. The molecule has 0 amide bonds. The van der Waals surface area contributed by atoms with Crippen molar-refractivity contribution in [1.29, 1.82) is 5.26 Å². The fourth-order valence-corrected chi connectivity index (χ4v) is 2.67. The Bertz CT molecular complexity index is 449. The van der Waals surface area contributed by atoms with Crippen molar-refractivity contribution in [3.63, 3.8) is 0 Å². The van der Waals surface area contributed by atoms with E-state index in [0.29, 0.717) is 11.7 Å². The van der Waals surface area contributed by atoms with Crippen LogP contribution in [0.15, 0.2) is 24.3 Å². The van der Waals surface area contributed by atoms with Crippen LogP contribution in [-0.2, 0) is 9.47 Å².